The smallest absolute Gasteiger partial charge is 0.270 e. The average molecular weight is 206 g/mol. The van der Waals surface area contributed by atoms with Gasteiger partial charge in [-0.2, -0.15) is 0 Å². The molecule has 2 rings (SSSR count). The van der Waals surface area contributed by atoms with Crippen molar-refractivity contribution in [3.8, 4) is 0 Å². The Morgan fingerprint density at radius 3 is 2.93 bits per heavy atom. The van der Waals surface area contributed by atoms with E-state index in [-0.39, 0.29) is 5.91 Å². The molecule has 1 fully saturated rings. The molecule has 0 atom stereocenters. The quantitative estimate of drug-likeness (QED) is 0.501. The molecule has 0 aliphatic heterocycles. The average Bonchev–Trinajstić information content (AvgIpc) is 2.23. The predicted molar refractivity (Wildman–Crippen MR) is 57.2 cm³/mol. The summed E-state index contributed by atoms with van der Waals surface area (Å²) in [5.41, 5.74) is 3.57. The molecule has 80 valence electrons. The molecule has 5 heteroatoms. The zero-order chi connectivity index (χ0) is 10.7. The van der Waals surface area contributed by atoms with E-state index < -0.39 is 0 Å². The number of hydrogen-bond acceptors (Lipinski definition) is 4. The van der Waals surface area contributed by atoms with Crippen LogP contribution in [0.25, 0.3) is 0 Å². The number of hydrazine groups is 1. The molecule has 1 saturated carbocycles. The van der Waals surface area contributed by atoms with Gasteiger partial charge < -0.3 is 10.7 Å². The van der Waals surface area contributed by atoms with Crippen molar-refractivity contribution in [3.63, 3.8) is 0 Å². The Hall–Kier alpha value is -1.62. The molecule has 5 nitrogen and oxygen atoms in total. The van der Waals surface area contributed by atoms with Crippen LogP contribution < -0.4 is 16.6 Å². The Kier molecular flexibility index (Phi) is 2.82. The van der Waals surface area contributed by atoms with E-state index in [1.165, 1.54) is 6.42 Å². The molecule has 0 aromatic carbocycles. The van der Waals surface area contributed by atoms with Crippen LogP contribution in [0.1, 0.15) is 29.8 Å². The normalized spacial score (nSPS) is 15.5. The van der Waals surface area contributed by atoms with Gasteiger partial charge in [0.1, 0.15) is 5.69 Å². The molecule has 1 aliphatic carbocycles. The summed E-state index contributed by atoms with van der Waals surface area (Å²) in [5.74, 6) is 5.12. The van der Waals surface area contributed by atoms with E-state index in [1.807, 2.05) is 0 Å². The van der Waals surface area contributed by atoms with E-state index in [4.69, 9.17) is 5.84 Å². The molecule has 0 saturated heterocycles. The molecule has 1 heterocycles. The molecule has 1 aliphatic rings. The third-order valence-corrected chi connectivity index (χ3v) is 2.60. The first kappa shape index (κ1) is 9.92. The number of pyridine rings is 1. The van der Waals surface area contributed by atoms with Gasteiger partial charge in [0.25, 0.3) is 5.91 Å². The standard InChI is InChI=1S/C10H14N4O/c11-14-8-4-5-12-9(6-8)10(15)13-7-2-1-3-7/h4-7H,1-3,11H2,(H,12,14)(H,13,15). The summed E-state index contributed by atoms with van der Waals surface area (Å²) in [5, 5.41) is 2.91. The lowest BCUT2D eigenvalue weighted by atomic mass is 9.93. The highest BCUT2D eigenvalue weighted by Crippen LogP contribution is 2.18. The van der Waals surface area contributed by atoms with E-state index in [9.17, 15) is 4.79 Å². The third-order valence-electron chi connectivity index (χ3n) is 2.60. The van der Waals surface area contributed by atoms with Crippen molar-refractivity contribution in [2.24, 2.45) is 5.84 Å². The Bertz CT molecular complexity index is 362. The molecular formula is C10H14N4O. The maximum atomic E-state index is 11.7. The second-order valence-corrected chi connectivity index (χ2v) is 3.68. The second-order valence-electron chi connectivity index (χ2n) is 3.68. The fourth-order valence-corrected chi connectivity index (χ4v) is 1.46. The highest BCUT2D eigenvalue weighted by Gasteiger charge is 2.20. The van der Waals surface area contributed by atoms with Gasteiger partial charge in [0.2, 0.25) is 0 Å². The molecule has 1 amide bonds. The maximum absolute atomic E-state index is 11.7. The number of nitrogens with zero attached hydrogens (tertiary/aromatic N) is 1. The van der Waals surface area contributed by atoms with Crippen LogP contribution in [0.15, 0.2) is 18.3 Å². The lowest BCUT2D eigenvalue weighted by Gasteiger charge is -2.26. The Morgan fingerprint density at radius 1 is 1.53 bits per heavy atom. The van der Waals surface area contributed by atoms with Crippen LogP contribution in [-0.2, 0) is 0 Å². The minimum atomic E-state index is -0.128. The van der Waals surface area contributed by atoms with Crippen LogP contribution in [0.3, 0.4) is 0 Å². The van der Waals surface area contributed by atoms with Gasteiger partial charge in [0.05, 0.1) is 5.69 Å². The van der Waals surface area contributed by atoms with E-state index >= 15 is 0 Å². The largest absolute Gasteiger partial charge is 0.348 e. The predicted octanol–water partition coefficient (Wildman–Crippen LogP) is 0.649. The lowest BCUT2D eigenvalue weighted by Crippen LogP contribution is -2.39. The lowest BCUT2D eigenvalue weighted by molar-refractivity contribution is 0.0912. The summed E-state index contributed by atoms with van der Waals surface area (Å²) in [6, 6.07) is 3.67. The number of rotatable bonds is 3. The molecule has 1 aromatic heterocycles. The van der Waals surface area contributed by atoms with Crippen LogP contribution in [-0.4, -0.2) is 16.9 Å². The fraction of sp³-hybridized carbons (Fsp3) is 0.400. The van der Waals surface area contributed by atoms with Crippen LogP contribution in [0, 0.1) is 0 Å². The van der Waals surface area contributed by atoms with Gasteiger partial charge in [-0.3, -0.25) is 15.6 Å². The second kappa shape index (κ2) is 4.27. The van der Waals surface area contributed by atoms with Gasteiger partial charge >= 0.3 is 0 Å². The molecule has 4 N–H and O–H groups in total. The monoisotopic (exact) mass is 206 g/mol. The summed E-state index contributed by atoms with van der Waals surface area (Å²) in [6.45, 7) is 0. The summed E-state index contributed by atoms with van der Waals surface area (Å²) in [7, 11) is 0. The molecule has 0 spiro atoms. The Morgan fingerprint density at radius 2 is 2.33 bits per heavy atom. The van der Waals surface area contributed by atoms with Gasteiger partial charge in [-0.1, -0.05) is 0 Å². The maximum Gasteiger partial charge on any atom is 0.270 e. The molecular weight excluding hydrogens is 192 g/mol. The van der Waals surface area contributed by atoms with E-state index in [2.05, 4.69) is 15.7 Å². The minimum absolute atomic E-state index is 0.128. The van der Waals surface area contributed by atoms with Crippen molar-refractivity contribution in [3.05, 3.63) is 24.0 Å². The zero-order valence-corrected chi connectivity index (χ0v) is 8.36. The van der Waals surface area contributed by atoms with Crippen LogP contribution >= 0.6 is 0 Å². The highest BCUT2D eigenvalue weighted by atomic mass is 16.1. The number of carbonyl (C=O) groups excluding carboxylic acids is 1. The number of nitrogens with two attached hydrogens (primary N) is 1. The number of amides is 1. The highest BCUT2D eigenvalue weighted by molar-refractivity contribution is 5.93. The van der Waals surface area contributed by atoms with Gasteiger partial charge in [-0.15, -0.1) is 0 Å². The van der Waals surface area contributed by atoms with Crippen LogP contribution in [0.2, 0.25) is 0 Å². The van der Waals surface area contributed by atoms with Crippen molar-refractivity contribution in [2.45, 2.75) is 25.3 Å². The number of hydrogen-bond donors (Lipinski definition) is 3. The van der Waals surface area contributed by atoms with Crippen molar-refractivity contribution >= 4 is 11.6 Å². The van der Waals surface area contributed by atoms with Crippen molar-refractivity contribution in [2.75, 3.05) is 5.43 Å². The first-order chi connectivity index (χ1) is 7.29. The van der Waals surface area contributed by atoms with Crippen molar-refractivity contribution in [1.82, 2.24) is 10.3 Å². The van der Waals surface area contributed by atoms with Crippen molar-refractivity contribution in [1.29, 1.82) is 0 Å². The molecule has 15 heavy (non-hydrogen) atoms. The summed E-state index contributed by atoms with van der Waals surface area (Å²) >= 11 is 0. The Balaban J connectivity index is 2.03. The van der Waals surface area contributed by atoms with E-state index in [0.29, 0.717) is 17.4 Å². The van der Waals surface area contributed by atoms with Gasteiger partial charge in [-0.25, -0.2) is 0 Å². The first-order valence-corrected chi connectivity index (χ1v) is 5.03. The summed E-state index contributed by atoms with van der Waals surface area (Å²) < 4.78 is 0. The minimum Gasteiger partial charge on any atom is -0.348 e. The van der Waals surface area contributed by atoms with Gasteiger partial charge in [-0.05, 0) is 31.4 Å². The summed E-state index contributed by atoms with van der Waals surface area (Å²) in [6.07, 6.45) is 4.90. The fourth-order valence-electron chi connectivity index (χ4n) is 1.46. The summed E-state index contributed by atoms with van der Waals surface area (Å²) in [4.78, 5) is 15.7. The Labute approximate surface area is 88.0 Å². The topological polar surface area (TPSA) is 80.0 Å². The third kappa shape index (κ3) is 2.24. The number of nitrogen functional groups attached to an aromatic ring is 1. The van der Waals surface area contributed by atoms with Crippen LogP contribution in [0.4, 0.5) is 5.69 Å². The van der Waals surface area contributed by atoms with Crippen LogP contribution in [0.5, 0.6) is 0 Å². The SMILES string of the molecule is NNc1ccnc(C(=O)NC2CCC2)c1. The number of nitrogens with one attached hydrogen (secondary N) is 2. The zero-order valence-electron chi connectivity index (χ0n) is 8.36. The van der Waals surface area contributed by atoms with Gasteiger partial charge in [0.15, 0.2) is 0 Å². The van der Waals surface area contributed by atoms with Crippen molar-refractivity contribution < 1.29 is 4.79 Å². The van der Waals surface area contributed by atoms with E-state index in [1.54, 1.807) is 18.3 Å². The van der Waals surface area contributed by atoms with Gasteiger partial charge in [0, 0.05) is 12.2 Å². The number of carbonyl (C=O) groups is 1. The molecule has 1 aromatic rings. The molecule has 0 radical (unpaired) electrons. The molecule has 0 bridgehead atoms. The first-order valence-electron chi connectivity index (χ1n) is 5.03. The van der Waals surface area contributed by atoms with E-state index in [0.717, 1.165) is 12.8 Å². The number of aromatic nitrogens is 1. The number of anilines is 1. The molecule has 0 unspecified atom stereocenters.